The fourth-order valence-corrected chi connectivity index (χ4v) is 5.95. The van der Waals surface area contributed by atoms with Crippen molar-refractivity contribution in [1.29, 1.82) is 0 Å². The molecule has 94 valence electrons. The normalized spacial score (nSPS) is 11.9. The quantitative estimate of drug-likeness (QED) is 0.326. The van der Waals surface area contributed by atoms with Crippen LogP contribution in [0.25, 0.3) is 29.6 Å². The van der Waals surface area contributed by atoms with E-state index in [0.29, 0.717) is 0 Å². The monoisotopic (exact) mass is 394 g/mol. The van der Waals surface area contributed by atoms with E-state index in [9.17, 15) is 0 Å². The van der Waals surface area contributed by atoms with Crippen LogP contribution in [0, 0.1) is 3.57 Å². The van der Waals surface area contributed by atoms with Crippen molar-refractivity contribution >= 4 is 74.8 Å². The Morgan fingerprint density at radius 2 is 1.53 bits per heavy atom. The summed E-state index contributed by atoms with van der Waals surface area (Å²) in [5.41, 5.74) is 1.43. The molecule has 4 rings (SSSR count). The van der Waals surface area contributed by atoms with E-state index in [1.165, 1.54) is 38.7 Å². The lowest BCUT2D eigenvalue weighted by molar-refractivity contribution is 1.15. The standard InChI is InChI=1S/C16H11IS2/c1-2-9-3-5-11-13(7-9)18-16-12-6-4-10(17)8-14(12)19-15(11)16/h3-8H,2H2,1H3. The molecule has 0 aliphatic rings. The molecule has 0 bridgehead atoms. The van der Waals surface area contributed by atoms with Crippen LogP contribution in [-0.4, -0.2) is 0 Å². The predicted octanol–water partition coefficient (Wildman–Crippen LogP) is 6.44. The molecule has 0 atom stereocenters. The van der Waals surface area contributed by atoms with E-state index in [1.807, 2.05) is 22.7 Å². The third kappa shape index (κ3) is 1.82. The van der Waals surface area contributed by atoms with Crippen molar-refractivity contribution in [2.75, 3.05) is 0 Å². The van der Waals surface area contributed by atoms with E-state index in [1.54, 1.807) is 0 Å². The Morgan fingerprint density at radius 1 is 0.895 bits per heavy atom. The summed E-state index contributed by atoms with van der Waals surface area (Å²) in [6, 6.07) is 13.7. The summed E-state index contributed by atoms with van der Waals surface area (Å²) in [6.45, 7) is 2.22. The largest absolute Gasteiger partial charge is 0.134 e. The Kier molecular flexibility index (Phi) is 2.83. The lowest BCUT2D eigenvalue weighted by Crippen LogP contribution is -1.76. The van der Waals surface area contributed by atoms with Crippen LogP contribution in [0.3, 0.4) is 0 Å². The van der Waals surface area contributed by atoms with Gasteiger partial charge in [0.25, 0.3) is 0 Å². The summed E-state index contributed by atoms with van der Waals surface area (Å²) in [5, 5.41) is 2.84. The van der Waals surface area contributed by atoms with E-state index in [2.05, 4.69) is 65.9 Å². The lowest BCUT2D eigenvalue weighted by Gasteiger charge is -1.95. The van der Waals surface area contributed by atoms with E-state index in [0.717, 1.165) is 6.42 Å². The smallest absolute Gasteiger partial charge is 0.0542 e. The second-order valence-corrected chi connectivity index (χ2v) is 8.04. The Balaban J connectivity index is 2.15. The number of thiophene rings is 2. The summed E-state index contributed by atoms with van der Waals surface area (Å²) in [7, 11) is 0. The van der Waals surface area contributed by atoms with Crippen molar-refractivity contribution in [3.8, 4) is 0 Å². The van der Waals surface area contributed by atoms with Crippen LogP contribution in [0.15, 0.2) is 36.4 Å². The van der Waals surface area contributed by atoms with Crippen LogP contribution in [0.5, 0.6) is 0 Å². The minimum atomic E-state index is 1.11. The van der Waals surface area contributed by atoms with Gasteiger partial charge in [0.2, 0.25) is 0 Å². The molecule has 0 nitrogen and oxygen atoms in total. The summed E-state index contributed by atoms with van der Waals surface area (Å²) < 4.78 is 7.08. The van der Waals surface area contributed by atoms with Gasteiger partial charge in [-0.15, -0.1) is 22.7 Å². The predicted molar refractivity (Wildman–Crippen MR) is 96.8 cm³/mol. The summed E-state index contributed by atoms with van der Waals surface area (Å²) in [6.07, 6.45) is 1.11. The molecule has 3 heteroatoms. The average molecular weight is 394 g/mol. The molecule has 19 heavy (non-hydrogen) atoms. The molecule has 0 fully saturated rings. The highest BCUT2D eigenvalue weighted by molar-refractivity contribution is 14.1. The van der Waals surface area contributed by atoms with Crippen molar-refractivity contribution in [2.24, 2.45) is 0 Å². The van der Waals surface area contributed by atoms with Gasteiger partial charge in [-0.2, -0.15) is 0 Å². The molecule has 2 aromatic heterocycles. The van der Waals surface area contributed by atoms with E-state index in [4.69, 9.17) is 0 Å². The first-order chi connectivity index (χ1) is 9.26. The highest BCUT2D eigenvalue weighted by Gasteiger charge is 2.12. The zero-order valence-corrected chi connectivity index (χ0v) is 14.2. The van der Waals surface area contributed by atoms with Crippen molar-refractivity contribution in [1.82, 2.24) is 0 Å². The van der Waals surface area contributed by atoms with Crippen LogP contribution in [-0.2, 0) is 6.42 Å². The second kappa shape index (κ2) is 4.43. The first kappa shape index (κ1) is 12.1. The number of aryl methyl sites for hydroxylation is 1. The third-order valence-corrected chi connectivity index (χ3v) is 6.69. The highest BCUT2D eigenvalue weighted by Crippen LogP contribution is 2.44. The molecule has 4 aromatic rings. The molecule has 0 amide bonds. The van der Waals surface area contributed by atoms with Crippen LogP contribution < -0.4 is 0 Å². The second-order valence-electron chi connectivity index (χ2n) is 4.69. The fourth-order valence-electron chi connectivity index (χ4n) is 2.49. The van der Waals surface area contributed by atoms with Crippen LogP contribution >= 0.6 is 45.3 Å². The fraction of sp³-hybridized carbons (Fsp3) is 0.125. The number of benzene rings is 2. The van der Waals surface area contributed by atoms with E-state index >= 15 is 0 Å². The molecule has 2 aromatic carbocycles. The van der Waals surface area contributed by atoms with Crippen LogP contribution in [0.1, 0.15) is 12.5 Å². The van der Waals surface area contributed by atoms with Crippen LogP contribution in [0.2, 0.25) is 0 Å². The first-order valence-electron chi connectivity index (χ1n) is 6.29. The molecule has 0 radical (unpaired) electrons. The summed E-state index contributed by atoms with van der Waals surface area (Å²) >= 11 is 6.26. The maximum absolute atomic E-state index is 2.39. The van der Waals surface area contributed by atoms with Gasteiger partial charge in [0.1, 0.15) is 0 Å². The third-order valence-electron chi connectivity index (χ3n) is 3.52. The molecular weight excluding hydrogens is 383 g/mol. The zero-order valence-electron chi connectivity index (χ0n) is 10.4. The van der Waals surface area contributed by atoms with Crippen molar-refractivity contribution in [2.45, 2.75) is 13.3 Å². The lowest BCUT2D eigenvalue weighted by atomic mass is 10.1. The van der Waals surface area contributed by atoms with Gasteiger partial charge in [0.15, 0.2) is 0 Å². The van der Waals surface area contributed by atoms with E-state index in [-0.39, 0.29) is 0 Å². The molecule has 2 heterocycles. The van der Waals surface area contributed by atoms with Crippen molar-refractivity contribution in [3.63, 3.8) is 0 Å². The molecule has 0 N–H and O–H groups in total. The van der Waals surface area contributed by atoms with Gasteiger partial charge in [0.05, 0.1) is 9.40 Å². The topological polar surface area (TPSA) is 0 Å². The molecule has 0 spiro atoms. The van der Waals surface area contributed by atoms with Gasteiger partial charge in [-0.25, -0.2) is 0 Å². The van der Waals surface area contributed by atoms with Gasteiger partial charge in [0, 0.05) is 23.7 Å². The number of fused-ring (bicyclic) bond motifs is 5. The van der Waals surface area contributed by atoms with Gasteiger partial charge in [-0.1, -0.05) is 25.1 Å². The first-order valence-corrected chi connectivity index (χ1v) is 9.00. The van der Waals surface area contributed by atoms with Crippen LogP contribution in [0.4, 0.5) is 0 Å². The number of rotatable bonds is 1. The Labute approximate surface area is 133 Å². The van der Waals surface area contributed by atoms with Crippen molar-refractivity contribution < 1.29 is 0 Å². The Hall–Kier alpha value is -0.650. The van der Waals surface area contributed by atoms with Gasteiger partial charge in [-0.05, 0) is 52.8 Å². The summed E-state index contributed by atoms with van der Waals surface area (Å²) in [5.74, 6) is 0. The highest BCUT2D eigenvalue weighted by atomic mass is 127. The SMILES string of the molecule is CCc1ccc2c(c1)sc1c3ccc(I)cc3sc21. The molecular formula is C16H11IS2. The maximum atomic E-state index is 2.39. The molecule has 0 saturated carbocycles. The number of hydrogen-bond acceptors (Lipinski definition) is 2. The number of hydrogen-bond donors (Lipinski definition) is 0. The minimum absolute atomic E-state index is 1.11. The molecule has 0 saturated heterocycles. The zero-order chi connectivity index (χ0) is 13.0. The Bertz CT molecular complexity index is 915. The van der Waals surface area contributed by atoms with Gasteiger partial charge in [-0.3, -0.25) is 0 Å². The maximum Gasteiger partial charge on any atom is 0.0542 e. The average Bonchev–Trinajstić information content (AvgIpc) is 2.92. The van der Waals surface area contributed by atoms with E-state index < -0.39 is 0 Å². The van der Waals surface area contributed by atoms with Crippen molar-refractivity contribution in [3.05, 3.63) is 45.5 Å². The Morgan fingerprint density at radius 3 is 2.21 bits per heavy atom. The summed E-state index contributed by atoms with van der Waals surface area (Å²) in [4.78, 5) is 0. The molecule has 0 aliphatic carbocycles. The van der Waals surface area contributed by atoms with Gasteiger partial charge >= 0.3 is 0 Å². The minimum Gasteiger partial charge on any atom is -0.134 e. The molecule has 0 unspecified atom stereocenters. The van der Waals surface area contributed by atoms with Gasteiger partial charge < -0.3 is 0 Å². The number of halogens is 1. The molecule has 0 aliphatic heterocycles.